The molecule has 0 amide bonds. The Morgan fingerprint density at radius 3 is 3.08 bits per heavy atom. The molecule has 5 heteroatoms. The number of carboxylic acids is 1. The minimum atomic E-state index is -0.924. The van der Waals surface area contributed by atoms with Crippen LogP contribution in [0, 0.1) is 0 Å². The summed E-state index contributed by atoms with van der Waals surface area (Å²) in [5.74, 6) is -0.166. The molecule has 0 aliphatic heterocycles. The van der Waals surface area contributed by atoms with E-state index in [4.69, 9.17) is 10.8 Å². The minimum Gasteiger partial charge on any atom is -0.480 e. The maximum atomic E-state index is 10.4. The summed E-state index contributed by atoms with van der Waals surface area (Å²) in [4.78, 5) is 10.4. The summed E-state index contributed by atoms with van der Waals surface area (Å²) in [6, 6.07) is 3.26. The molecule has 0 fully saturated rings. The summed E-state index contributed by atoms with van der Waals surface area (Å²) in [7, 11) is 0. The Hall–Kier alpha value is -0.520. The molecule has 0 radical (unpaired) electrons. The average molecular weight is 217 g/mol. The molecule has 1 unspecified atom stereocenters. The van der Waals surface area contributed by atoms with Gasteiger partial charge in [-0.1, -0.05) is 6.07 Å². The van der Waals surface area contributed by atoms with Gasteiger partial charge in [-0.05, 0) is 17.9 Å². The fourth-order valence-corrected chi connectivity index (χ4v) is 2.64. The zero-order valence-corrected chi connectivity index (χ0v) is 8.61. The van der Waals surface area contributed by atoms with Crippen LogP contribution < -0.4 is 5.73 Å². The molecule has 1 heterocycles. The molecule has 1 aromatic rings. The van der Waals surface area contributed by atoms with Crippen LogP contribution >= 0.6 is 23.1 Å². The maximum absolute atomic E-state index is 10.4. The van der Waals surface area contributed by atoms with Crippen LogP contribution in [0.3, 0.4) is 0 Å². The van der Waals surface area contributed by atoms with E-state index < -0.39 is 12.0 Å². The van der Waals surface area contributed by atoms with Crippen molar-refractivity contribution >= 4 is 29.1 Å². The van der Waals surface area contributed by atoms with Crippen LogP contribution in [0.4, 0.5) is 0 Å². The first-order chi connectivity index (χ1) is 6.20. The largest absolute Gasteiger partial charge is 0.480 e. The van der Waals surface area contributed by atoms with Crippen molar-refractivity contribution in [1.29, 1.82) is 0 Å². The van der Waals surface area contributed by atoms with E-state index in [2.05, 4.69) is 0 Å². The molecule has 0 aromatic carbocycles. The van der Waals surface area contributed by atoms with E-state index in [0.29, 0.717) is 6.42 Å². The van der Waals surface area contributed by atoms with Gasteiger partial charge in [-0.25, -0.2) is 0 Å². The zero-order valence-electron chi connectivity index (χ0n) is 6.97. The summed E-state index contributed by atoms with van der Waals surface area (Å²) in [6.45, 7) is 0. The molecule has 1 aromatic heterocycles. The van der Waals surface area contributed by atoms with Crippen LogP contribution in [-0.4, -0.2) is 22.9 Å². The van der Waals surface area contributed by atoms with E-state index >= 15 is 0 Å². The number of thiophene rings is 1. The number of hydrogen-bond donors (Lipinski definition) is 2. The Kier molecular flexibility index (Phi) is 4.27. The van der Waals surface area contributed by atoms with Crippen molar-refractivity contribution in [3.63, 3.8) is 0 Å². The second-order valence-electron chi connectivity index (χ2n) is 2.51. The van der Waals surface area contributed by atoms with E-state index in [1.807, 2.05) is 17.5 Å². The van der Waals surface area contributed by atoms with Gasteiger partial charge in [-0.3, -0.25) is 4.79 Å². The van der Waals surface area contributed by atoms with Gasteiger partial charge in [0.15, 0.2) is 0 Å². The fraction of sp³-hybridized carbons (Fsp3) is 0.375. The number of rotatable bonds is 5. The Morgan fingerprint density at radius 2 is 2.54 bits per heavy atom. The van der Waals surface area contributed by atoms with Gasteiger partial charge in [0, 0.05) is 5.75 Å². The van der Waals surface area contributed by atoms with Crippen LogP contribution in [0.2, 0.25) is 0 Å². The van der Waals surface area contributed by atoms with Gasteiger partial charge in [0.2, 0.25) is 0 Å². The molecule has 3 N–H and O–H groups in total. The lowest BCUT2D eigenvalue weighted by molar-refractivity contribution is -0.138. The molecule has 13 heavy (non-hydrogen) atoms. The molecule has 0 spiro atoms. The molecular formula is C8H11NO2S2. The van der Waals surface area contributed by atoms with Crippen molar-refractivity contribution in [2.75, 3.05) is 5.75 Å². The Balaban J connectivity index is 2.18. The van der Waals surface area contributed by atoms with Crippen molar-refractivity contribution in [2.45, 2.75) is 16.7 Å². The molecule has 72 valence electrons. The van der Waals surface area contributed by atoms with E-state index in [0.717, 1.165) is 5.75 Å². The van der Waals surface area contributed by atoms with Crippen LogP contribution in [0.25, 0.3) is 0 Å². The number of carboxylic acid groups (broad SMARTS) is 1. The summed E-state index contributed by atoms with van der Waals surface area (Å²) in [5, 5.41) is 10.5. The molecule has 3 nitrogen and oxygen atoms in total. The third-order valence-electron chi connectivity index (χ3n) is 1.49. The summed E-state index contributed by atoms with van der Waals surface area (Å²) in [6.07, 6.45) is 0.512. The monoisotopic (exact) mass is 217 g/mol. The third kappa shape index (κ3) is 3.80. The lowest BCUT2D eigenvalue weighted by atomic mass is 10.2. The van der Waals surface area contributed by atoms with Crippen LogP contribution in [0.5, 0.6) is 0 Å². The summed E-state index contributed by atoms with van der Waals surface area (Å²) >= 11 is 3.31. The van der Waals surface area contributed by atoms with Gasteiger partial charge in [0.05, 0.1) is 4.21 Å². The quantitative estimate of drug-likeness (QED) is 0.736. The smallest absolute Gasteiger partial charge is 0.320 e. The van der Waals surface area contributed by atoms with Gasteiger partial charge < -0.3 is 10.8 Å². The van der Waals surface area contributed by atoms with Crippen molar-refractivity contribution in [3.05, 3.63) is 17.5 Å². The minimum absolute atomic E-state index is 0.512. The standard InChI is InChI=1S/C8H11NO2S2/c9-6(8(10)11)3-5-13-7-2-1-4-12-7/h1-2,4,6H,3,5,9H2,(H,10,11). The first kappa shape index (κ1) is 10.6. The number of hydrogen-bond acceptors (Lipinski definition) is 4. The topological polar surface area (TPSA) is 63.3 Å². The van der Waals surface area contributed by atoms with Gasteiger partial charge >= 0.3 is 5.97 Å². The molecule has 0 saturated heterocycles. The number of nitrogens with two attached hydrogens (primary N) is 1. The normalized spacial score (nSPS) is 12.7. The SMILES string of the molecule is NC(CCSc1cccs1)C(=O)O. The Labute approximate surface area is 85.0 Å². The fourth-order valence-electron chi connectivity index (χ4n) is 0.756. The molecule has 0 bridgehead atoms. The van der Waals surface area contributed by atoms with Crippen LogP contribution in [0.15, 0.2) is 21.7 Å². The van der Waals surface area contributed by atoms with Gasteiger partial charge in [-0.15, -0.1) is 23.1 Å². The number of carbonyl (C=O) groups is 1. The highest BCUT2D eigenvalue weighted by Crippen LogP contribution is 2.23. The van der Waals surface area contributed by atoms with Gasteiger partial charge in [0.1, 0.15) is 6.04 Å². The Morgan fingerprint density at radius 1 is 1.77 bits per heavy atom. The third-order valence-corrected chi connectivity index (χ3v) is 3.65. The second kappa shape index (κ2) is 5.26. The lowest BCUT2D eigenvalue weighted by Gasteiger charge is -2.03. The molecule has 0 aliphatic rings. The number of aliphatic carboxylic acids is 1. The van der Waals surface area contributed by atoms with E-state index in [1.165, 1.54) is 4.21 Å². The van der Waals surface area contributed by atoms with Crippen LogP contribution in [-0.2, 0) is 4.79 Å². The molecule has 1 atom stereocenters. The summed E-state index contributed by atoms with van der Waals surface area (Å²) < 4.78 is 1.21. The molecule has 0 saturated carbocycles. The van der Waals surface area contributed by atoms with Crippen molar-refractivity contribution < 1.29 is 9.90 Å². The second-order valence-corrected chi connectivity index (χ2v) is 4.86. The van der Waals surface area contributed by atoms with Gasteiger partial charge in [-0.2, -0.15) is 0 Å². The maximum Gasteiger partial charge on any atom is 0.320 e. The first-order valence-corrected chi connectivity index (χ1v) is 5.71. The van der Waals surface area contributed by atoms with E-state index in [9.17, 15) is 4.79 Å². The highest BCUT2D eigenvalue weighted by molar-refractivity contribution is 8.01. The van der Waals surface area contributed by atoms with Crippen molar-refractivity contribution in [1.82, 2.24) is 0 Å². The highest BCUT2D eigenvalue weighted by atomic mass is 32.2. The molecule has 1 rings (SSSR count). The van der Waals surface area contributed by atoms with Crippen LogP contribution in [0.1, 0.15) is 6.42 Å². The molecule has 0 aliphatic carbocycles. The predicted octanol–water partition coefficient (Wildman–Crippen LogP) is 1.64. The van der Waals surface area contributed by atoms with Gasteiger partial charge in [0.25, 0.3) is 0 Å². The van der Waals surface area contributed by atoms with Crippen molar-refractivity contribution in [3.8, 4) is 0 Å². The first-order valence-electron chi connectivity index (χ1n) is 3.85. The summed E-state index contributed by atoms with van der Waals surface area (Å²) in [5.41, 5.74) is 5.35. The lowest BCUT2D eigenvalue weighted by Crippen LogP contribution is -2.30. The Bertz CT molecular complexity index is 261. The number of thioether (sulfide) groups is 1. The van der Waals surface area contributed by atoms with E-state index in [1.54, 1.807) is 23.1 Å². The molecular weight excluding hydrogens is 206 g/mol. The predicted molar refractivity (Wildman–Crippen MR) is 55.3 cm³/mol. The zero-order chi connectivity index (χ0) is 9.68. The average Bonchev–Trinajstić information content (AvgIpc) is 2.56. The van der Waals surface area contributed by atoms with Crippen molar-refractivity contribution in [2.24, 2.45) is 5.73 Å². The highest BCUT2D eigenvalue weighted by Gasteiger charge is 2.10. The van der Waals surface area contributed by atoms with E-state index in [-0.39, 0.29) is 0 Å².